The number of ether oxygens (including phenoxy) is 1. The van der Waals surface area contributed by atoms with Crippen molar-refractivity contribution >= 4 is 11.0 Å². The van der Waals surface area contributed by atoms with E-state index in [2.05, 4.69) is 0 Å². The van der Waals surface area contributed by atoms with E-state index in [0.29, 0.717) is 0 Å². The first-order valence-corrected chi connectivity index (χ1v) is 7.14. The molecule has 0 saturated heterocycles. The fourth-order valence-corrected chi connectivity index (χ4v) is 2.35. The van der Waals surface area contributed by atoms with Crippen LogP contribution in [0.1, 0.15) is 31.2 Å². The Bertz CT molecular complexity index is 695. The van der Waals surface area contributed by atoms with Gasteiger partial charge in [0.25, 0.3) is 0 Å². The number of rotatable bonds is 4. The molecule has 0 aliphatic rings. The molecular formula is C18H19NO2. The third-order valence-electron chi connectivity index (χ3n) is 3.36. The van der Waals surface area contributed by atoms with E-state index in [1.165, 1.54) is 0 Å². The molecule has 0 saturated carbocycles. The molecule has 0 fully saturated rings. The number of furan rings is 1. The van der Waals surface area contributed by atoms with Crippen molar-refractivity contribution in [2.24, 2.45) is 5.73 Å². The van der Waals surface area contributed by atoms with Crippen molar-refractivity contribution in [3.05, 3.63) is 65.9 Å². The smallest absolute Gasteiger partial charge is 0.134 e. The van der Waals surface area contributed by atoms with Crippen LogP contribution in [0.2, 0.25) is 0 Å². The molecule has 0 spiro atoms. The minimum Gasteiger partial charge on any atom is -0.491 e. The summed E-state index contributed by atoms with van der Waals surface area (Å²) in [6.07, 6.45) is 0.167. The van der Waals surface area contributed by atoms with Gasteiger partial charge in [-0.05, 0) is 43.7 Å². The molecule has 1 atom stereocenters. The molecule has 2 N–H and O–H groups in total. The van der Waals surface area contributed by atoms with Gasteiger partial charge in [-0.2, -0.15) is 0 Å². The van der Waals surface area contributed by atoms with Crippen molar-refractivity contribution in [1.82, 2.24) is 0 Å². The van der Waals surface area contributed by atoms with Crippen molar-refractivity contribution in [1.29, 1.82) is 0 Å². The minimum absolute atomic E-state index is 0.167. The van der Waals surface area contributed by atoms with Crippen LogP contribution in [-0.2, 0) is 0 Å². The van der Waals surface area contributed by atoms with Gasteiger partial charge in [0.05, 0.1) is 12.1 Å². The Hall–Kier alpha value is -2.26. The van der Waals surface area contributed by atoms with Crippen LogP contribution in [0.5, 0.6) is 5.75 Å². The fraction of sp³-hybridized carbons (Fsp3) is 0.222. The average molecular weight is 281 g/mol. The van der Waals surface area contributed by atoms with Crippen molar-refractivity contribution < 1.29 is 9.15 Å². The van der Waals surface area contributed by atoms with Gasteiger partial charge in [-0.3, -0.25) is 0 Å². The average Bonchev–Trinajstić information content (AvgIpc) is 2.90. The maximum atomic E-state index is 6.30. The Morgan fingerprint density at radius 1 is 1.00 bits per heavy atom. The summed E-state index contributed by atoms with van der Waals surface area (Å²) in [6.45, 7) is 4.02. The highest BCUT2D eigenvalue weighted by molar-refractivity contribution is 5.77. The number of benzene rings is 2. The van der Waals surface area contributed by atoms with E-state index in [-0.39, 0.29) is 12.1 Å². The maximum absolute atomic E-state index is 6.30. The minimum atomic E-state index is -0.273. The van der Waals surface area contributed by atoms with Gasteiger partial charge in [0, 0.05) is 5.39 Å². The largest absolute Gasteiger partial charge is 0.491 e. The molecule has 21 heavy (non-hydrogen) atoms. The predicted molar refractivity (Wildman–Crippen MR) is 84.5 cm³/mol. The lowest BCUT2D eigenvalue weighted by Gasteiger charge is -2.12. The molecule has 1 aromatic heterocycles. The van der Waals surface area contributed by atoms with E-state index in [9.17, 15) is 0 Å². The number of fused-ring (bicyclic) bond motifs is 1. The van der Waals surface area contributed by atoms with Crippen LogP contribution in [-0.4, -0.2) is 6.10 Å². The first kappa shape index (κ1) is 13.7. The SMILES string of the molecule is CC(C)Oc1ccc(C(N)c2cc3ccccc3o2)cc1. The third kappa shape index (κ3) is 2.93. The zero-order valence-electron chi connectivity index (χ0n) is 12.2. The molecule has 3 nitrogen and oxygen atoms in total. The lowest BCUT2D eigenvalue weighted by atomic mass is 10.1. The van der Waals surface area contributed by atoms with Crippen LogP contribution in [0.4, 0.5) is 0 Å². The van der Waals surface area contributed by atoms with Crippen molar-refractivity contribution in [3.8, 4) is 5.75 Å². The van der Waals surface area contributed by atoms with Crippen LogP contribution in [0.25, 0.3) is 11.0 Å². The van der Waals surface area contributed by atoms with Crippen LogP contribution >= 0.6 is 0 Å². The summed E-state index contributed by atoms with van der Waals surface area (Å²) in [5.41, 5.74) is 8.17. The highest BCUT2D eigenvalue weighted by Gasteiger charge is 2.14. The monoisotopic (exact) mass is 281 g/mol. The van der Waals surface area contributed by atoms with Crippen LogP contribution in [0.3, 0.4) is 0 Å². The summed E-state index contributed by atoms with van der Waals surface area (Å²) in [7, 11) is 0. The molecule has 108 valence electrons. The Labute approximate surface area is 124 Å². The lowest BCUT2D eigenvalue weighted by molar-refractivity contribution is 0.242. The standard InChI is InChI=1S/C18H19NO2/c1-12(2)20-15-9-7-13(8-10-15)18(19)17-11-14-5-3-4-6-16(14)21-17/h3-12,18H,19H2,1-2H3. The van der Waals surface area contributed by atoms with Crippen LogP contribution < -0.4 is 10.5 Å². The number of hydrogen-bond acceptors (Lipinski definition) is 3. The molecule has 0 aliphatic heterocycles. The Morgan fingerprint density at radius 2 is 1.71 bits per heavy atom. The van der Waals surface area contributed by atoms with Crippen molar-refractivity contribution in [2.75, 3.05) is 0 Å². The van der Waals surface area contributed by atoms with Gasteiger partial charge >= 0.3 is 0 Å². The second-order valence-electron chi connectivity index (χ2n) is 5.40. The number of para-hydroxylation sites is 1. The summed E-state index contributed by atoms with van der Waals surface area (Å²) >= 11 is 0. The van der Waals surface area contributed by atoms with Gasteiger partial charge in [0.15, 0.2) is 0 Å². The van der Waals surface area contributed by atoms with E-state index in [4.69, 9.17) is 14.9 Å². The molecule has 1 unspecified atom stereocenters. The van der Waals surface area contributed by atoms with Gasteiger partial charge < -0.3 is 14.9 Å². The topological polar surface area (TPSA) is 48.4 Å². The summed E-state index contributed by atoms with van der Waals surface area (Å²) in [6, 6.07) is 17.5. The first-order valence-electron chi connectivity index (χ1n) is 7.14. The second kappa shape index (κ2) is 5.62. The Kier molecular flexibility index (Phi) is 3.67. The molecule has 3 heteroatoms. The van der Waals surface area contributed by atoms with Gasteiger partial charge in [-0.25, -0.2) is 0 Å². The van der Waals surface area contributed by atoms with Gasteiger partial charge in [0.2, 0.25) is 0 Å². The van der Waals surface area contributed by atoms with E-state index in [1.54, 1.807) is 0 Å². The molecule has 0 radical (unpaired) electrons. The summed E-state index contributed by atoms with van der Waals surface area (Å²) in [5, 5.41) is 1.07. The fourth-order valence-electron chi connectivity index (χ4n) is 2.35. The number of nitrogens with two attached hydrogens (primary N) is 1. The molecular weight excluding hydrogens is 262 g/mol. The molecule has 0 amide bonds. The number of hydrogen-bond donors (Lipinski definition) is 1. The third-order valence-corrected chi connectivity index (χ3v) is 3.36. The highest BCUT2D eigenvalue weighted by Crippen LogP contribution is 2.27. The zero-order valence-corrected chi connectivity index (χ0v) is 12.2. The lowest BCUT2D eigenvalue weighted by Crippen LogP contribution is -2.11. The second-order valence-corrected chi connectivity index (χ2v) is 5.40. The zero-order chi connectivity index (χ0) is 14.8. The van der Waals surface area contributed by atoms with Crippen LogP contribution in [0.15, 0.2) is 59.0 Å². The van der Waals surface area contributed by atoms with Gasteiger partial charge in [-0.15, -0.1) is 0 Å². The maximum Gasteiger partial charge on any atom is 0.134 e. The normalized spacial score (nSPS) is 12.8. The van der Waals surface area contributed by atoms with E-state index in [0.717, 1.165) is 28.0 Å². The van der Waals surface area contributed by atoms with E-state index in [1.807, 2.05) is 68.4 Å². The van der Waals surface area contributed by atoms with Crippen molar-refractivity contribution in [2.45, 2.75) is 26.0 Å². The summed E-state index contributed by atoms with van der Waals surface area (Å²) in [5.74, 6) is 1.62. The first-order chi connectivity index (χ1) is 10.1. The molecule has 0 bridgehead atoms. The molecule has 1 heterocycles. The van der Waals surface area contributed by atoms with Crippen LogP contribution in [0, 0.1) is 0 Å². The van der Waals surface area contributed by atoms with E-state index < -0.39 is 0 Å². The molecule has 3 aromatic rings. The summed E-state index contributed by atoms with van der Waals surface area (Å²) in [4.78, 5) is 0. The van der Waals surface area contributed by atoms with Gasteiger partial charge in [-0.1, -0.05) is 30.3 Å². The molecule has 3 rings (SSSR count). The van der Waals surface area contributed by atoms with Gasteiger partial charge in [0.1, 0.15) is 17.1 Å². The highest BCUT2D eigenvalue weighted by atomic mass is 16.5. The predicted octanol–water partition coefficient (Wildman–Crippen LogP) is 4.27. The Balaban J connectivity index is 1.85. The molecule has 2 aromatic carbocycles. The van der Waals surface area contributed by atoms with Crippen molar-refractivity contribution in [3.63, 3.8) is 0 Å². The quantitative estimate of drug-likeness (QED) is 0.777. The molecule has 0 aliphatic carbocycles. The Morgan fingerprint density at radius 3 is 2.38 bits per heavy atom. The summed E-state index contributed by atoms with van der Waals surface area (Å²) < 4.78 is 11.5. The van der Waals surface area contributed by atoms with E-state index >= 15 is 0 Å².